The number of halogens is 1. The minimum Gasteiger partial charge on any atom is -0.352 e. The molecule has 0 radical (unpaired) electrons. The van der Waals surface area contributed by atoms with Crippen LogP contribution in [0.1, 0.15) is 55.2 Å². The average molecular weight is 533 g/mol. The summed E-state index contributed by atoms with van der Waals surface area (Å²) in [7, 11) is 0. The normalized spacial score (nSPS) is 14.6. The zero-order chi connectivity index (χ0) is 26.7. The number of benzene rings is 3. The monoisotopic (exact) mass is 532 g/mol. The maximum atomic E-state index is 13.8. The fraction of sp³-hybridized carbons (Fsp3) is 0.375. The van der Waals surface area contributed by atoms with E-state index >= 15 is 0 Å². The lowest BCUT2D eigenvalue weighted by Crippen LogP contribution is -2.52. The summed E-state index contributed by atoms with van der Waals surface area (Å²) in [5.41, 5.74) is 3.00. The van der Waals surface area contributed by atoms with Crippen LogP contribution in [0.4, 0.5) is 4.39 Å². The van der Waals surface area contributed by atoms with Crippen molar-refractivity contribution >= 4 is 23.6 Å². The Kier molecular flexibility index (Phi) is 10.4. The van der Waals surface area contributed by atoms with Crippen molar-refractivity contribution in [2.24, 2.45) is 0 Å². The van der Waals surface area contributed by atoms with E-state index in [1.807, 2.05) is 30.3 Å². The van der Waals surface area contributed by atoms with Gasteiger partial charge in [-0.15, -0.1) is 11.8 Å². The molecule has 0 spiro atoms. The summed E-state index contributed by atoms with van der Waals surface area (Å²) in [5, 5.41) is 3.26. The Balaban J connectivity index is 1.55. The second-order valence-corrected chi connectivity index (χ2v) is 11.3. The Morgan fingerprint density at radius 2 is 1.61 bits per heavy atom. The summed E-state index contributed by atoms with van der Waals surface area (Å²) >= 11 is 1.64. The molecule has 4 rings (SSSR count). The van der Waals surface area contributed by atoms with Crippen molar-refractivity contribution in [3.05, 3.63) is 101 Å². The van der Waals surface area contributed by atoms with Crippen LogP contribution in [-0.4, -0.2) is 34.6 Å². The SMILES string of the molecule is Cc1ccc(SCCC(=O)N(Cc2ccc(F)cc2)C(Cc2ccccc2)C(=O)NC2CCCCC2)cc1. The molecule has 1 aliphatic carbocycles. The molecule has 0 saturated heterocycles. The molecular formula is C32H37FN2O2S. The molecule has 4 nitrogen and oxygen atoms in total. The predicted octanol–water partition coefficient (Wildman–Crippen LogP) is 6.71. The molecule has 1 saturated carbocycles. The topological polar surface area (TPSA) is 49.4 Å². The number of carbonyl (C=O) groups is 2. The van der Waals surface area contributed by atoms with E-state index in [1.165, 1.54) is 24.1 Å². The van der Waals surface area contributed by atoms with Crippen LogP contribution in [0.2, 0.25) is 0 Å². The zero-order valence-electron chi connectivity index (χ0n) is 22.1. The number of rotatable bonds is 11. The number of hydrogen-bond donors (Lipinski definition) is 1. The van der Waals surface area contributed by atoms with E-state index in [9.17, 15) is 14.0 Å². The summed E-state index contributed by atoms with van der Waals surface area (Å²) in [6.07, 6.45) is 6.12. The first kappa shape index (κ1) is 27.9. The molecule has 0 heterocycles. The van der Waals surface area contributed by atoms with Gasteiger partial charge in [0.15, 0.2) is 0 Å². The van der Waals surface area contributed by atoms with Gasteiger partial charge < -0.3 is 10.2 Å². The van der Waals surface area contributed by atoms with Crippen molar-refractivity contribution in [1.29, 1.82) is 0 Å². The molecule has 38 heavy (non-hydrogen) atoms. The number of nitrogens with one attached hydrogen (secondary N) is 1. The van der Waals surface area contributed by atoms with Gasteiger partial charge in [0.05, 0.1) is 0 Å². The smallest absolute Gasteiger partial charge is 0.243 e. The van der Waals surface area contributed by atoms with Gasteiger partial charge in [-0.05, 0) is 55.2 Å². The first-order chi connectivity index (χ1) is 18.5. The van der Waals surface area contributed by atoms with Crippen LogP contribution in [0, 0.1) is 12.7 Å². The number of amides is 2. The molecule has 0 bridgehead atoms. The molecule has 0 aromatic heterocycles. The molecule has 1 unspecified atom stereocenters. The summed E-state index contributed by atoms with van der Waals surface area (Å²) in [5.74, 6) is 0.109. The van der Waals surface area contributed by atoms with Crippen LogP contribution in [0.3, 0.4) is 0 Å². The third kappa shape index (κ3) is 8.45. The van der Waals surface area contributed by atoms with Crippen LogP contribution in [-0.2, 0) is 22.6 Å². The molecular weight excluding hydrogens is 495 g/mol. The van der Waals surface area contributed by atoms with E-state index in [4.69, 9.17) is 0 Å². The number of thioether (sulfide) groups is 1. The third-order valence-corrected chi connectivity index (χ3v) is 8.11. The lowest BCUT2D eigenvalue weighted by molar-refractivity contribution is -0.141. The molecule has 200 valence electrons. The average Bonchev–Trinajstić information content (AvgIpc) is 2.94. The van der Waals surface area contributed by atoms with Gasteiger partial charge in [-0.2, -0.15) is 0 Å². The Morgan fingerprint density at radius 3 is 2.29 bits per heavy atom. The predicted molar refractivity (Wildman–Crippen MR) is 152 cm³/mol. The van der Waals surface area contributed by atoms with Crippen LogP contribution >= 0.6 is 11.8 Å². The minimum atomic E-state index is -0.652. The van der Waals surface area contributed by atoms with Crippen molar-refractivity contribution in [2.45, 2.75) is 75.4 Å². The van der Waals surface area contributed by atoms with Crippen molar-refractivity contribution < 1.29 is 14.0 Å². The quantitative estimate of drug-likeness (QED) is 0.279. The molecule has 1 atom stereocenters. The Labute approximate surface area is 230 Å². The molecule has 3 aromatic carbocycles. The zero-order valence-corrected chi connectivity index (χ0v) is 22.9. The number of hydrogen-bond acceptors (Lipinski definition) is 3. The highest BCUT2D eigenvalue weighted by molar-refractivity contribution is 7.99. The molecule has 1 aliphatic rings. The highest BCUT2D eigenvalue weighted by Gasteiger charge is 2.31. The Bertz CT molecular complexity index is 1160. The Morgan fingerprint density at radius 1 is 0.921 bits per heavy atom. The molecule has 0 aliphatic heterocycles. The van der Waals surface area contributed by atoms with Gasteiger partial charge in [-0.3, -0.25) is 9.59 Å². The fourth-order valence-corrected chi connectivity index (χ4v) is 5.76. The van der Waals surface area contributed by atoms with E-state index in [0.717, 1.165) is 41.7 Å². The van der Waals surface area contributed by atoms with Crippen LogP contribution < -0.4 is 5.32 Å². The van der Waals surface area contributed by atoms with Gasteiger partial charge in [0.2, 0.25) is 11.8 Å². The third-order valence-electron chi connectivity index (χ3n) is 7.09. The summed E-state index contributed by atoms with van der Waals surface area (Å²) in [6, 6.07) is 23.8. The lowest BCUT2D eigenvalue weighted by atomic mass is 9.94. The van der Waals surface area contributed by atoms with Crippen LogP contribution in [0.25, 0.3) is 0 Å². The molecule has 2 amide bonds. The maximum absolute atomic E-state index is 13.8. The van der Waals surface area contributed by atoms with Crippen LogP contribution in [0.5, 0.6) is 0 Å². The van der Waals surface area contributed by atoms with Crippen molar-refractivity contribution in [3.8, 4) is 0 Å². The summed E-state index contributed by atoms with van der Waals surface area (Å²) in [6.45, 7) is 2.31. The van der Waals surface area contributed by atoms with E-state index in [2.05, 4.69) is 36.5 Å². The fourth-order valence-electron chi connectivity index (χ4n) is 4.92. The minimum absolute atomic E-state index is 0.0753. The number of carbonyl (C=O) groups excluding carboxylic acids is 2. The summed E-state index contributed by atoms with van der Waals surface area (Å²) in [4.78, 5) is 30.3. The molecule has 1 fully saturated rings. The van der Waals surface area contributed by atoms with E-state index in [-0.39, 0.29) is 30.2 Å². The second kappa shape index (κ2) is 14.1. The molecule has 3 aromatic rings. The highest BCUT2D eigenvalue weighted by Crippen LogP contribution is 2.23. The largest absolute Gasteiger partial charge is 0.352 e. The van der Waals surface area contributed by atoms with Crippen molar-refractivity contribution in [3.63, 3.8) is 0 Å². The standard InChI is InChI=1S/C32H37FN2O2S/c1-24-12-18-29(19-13-24)38-21-20-31(36)35(23-26-14-16-27(33)17-15-26)30(22-25-8-4-2-5-9-25)32(37)34-28-10-6-3-7-11-28/h2,4-5,8-9,12-19,28,30H,3,6-7,10-11,20-23H2,1H3,(H,34,37). The lowest BCUT2D eigenvalue weighted by Gasteiger charge is -2.33. The van der Waals surface area contributed by atoms with Gasteiger partial charge in [0, 0.05) is 36.1 Å². The van der Waals surface area contributed by atoms with Crippen molar-refractivity contribution in [1.82, 2.24) is 10.2 Å². The summed E-state index contributed by atoms with van der Waals surface area (Å²) < 4.78 is 13.6. The van der Waals surface area contributed by atoms with Gasteiger partial charge in [0.25, 0.3) is 0 Å². The Hall–Kier alpha value is -3.12. The van der Waals surface area contributed by atoms with Gasteiger partial charge in [-0.1, -0.05) is 79.4 Å². The number of nitrogens with zero attached hydrogens (tertiary/aromatic N) is 1. The van der Waals surface area contributed by atoms with E-state index < -0.39 is 6.04 Å². The van der Waals surface area contributed by atoms with Crippen LogP contribution in [0.15, 0.2) is 83.8 Å². The maximum Gasteiger partial charge on any atom is 0.243 e. The van der Waals surface area contributed by atoms with Crippen molar-refractivity contribution in [2.75, 3.05) is 5.75 Å². The van der Waals surface area contributed by atoms with Gasteiger partial charge >= 0.3 is 0 Å². The highest BCUT2D eigenvalue weighted by atomic mass is 32.2. The molecule has 1 N–H and O–H groups in total. The number of aryl methyl sites for hydroxylation is 1. The second-order valence-electron chi connectivity index (χ2n) is 10.1. The van der Waals surface area contributed by atoms with E-state index in [0.29, 0.717) is 18.6 Å². The van der Waals surface area contributed by atoms with Gasteiger partial charge in [0.1, 0.15) is 11.9 Å². The van der Waals surface area contributed by atoms with Gasteiger partial charge in [-0.25, -0.2) is 4.39 Å². The first-order valence-corrected chi connectivity index (χ1v) is 14.5. The van der Waals surface area contributed by atoms with E-state index in [1.54, 1.807) is 28.8 Å². The first-order valence-electron chi connectivity index (χ1n) is 13.6. The molecule has 6 heteroatoms.